The van der Waals surface area contributed by atoms with Crippen molar-refractivity contribution in [3.05, 3.63) is 53.3 Å². The van der Waals surface area contributed by atoms with E-state index in [1.807, 2.05) is 0 Å². The molecule has 5 heteroatoms. The minimum absolute atomic E-state index is 0.0497. The van der Waals surface area contributed by atoms with Gasteiger partial charge >= 0.3 is 6.18 Å². The number of phenolic OH excluding ortho intramolecular Hbond substituents is 1. The lowest BCUT2D eigenvalue weighted by Crippen LogP contribution is -2.07. The summed E-state index contributed by atoms with van der Waals surface area (Å²) in [6.07, 6.45) is -4.70. The van der Waals surface area contributed by atoms with Gasteiger partial charge in [0.1, 0.15) is 11.6 Å². The predicted molar refractivity (Wildman–Crippen MR) is 63.2 cm³/mol. The van der Waals surface area contributed by atoms with E-state index in [9.17, 15) is 22.7 Å². The molecule has 0 unspecified atom stereocenters. The predicted octanol–water partition coefficient (Wildman–Crippen LogP) is 4.53. The van der Waals surface area contributed by atoms with Gasteiger partial charge in [-0.3, -0.25) is 0 Å². The Bertz CT molecular complexity index is 617. The number of rotatable bonds is 1. The van der Waals surface area contributed by atoms with Gasteiger partial charge in [-0.25, -0.2) is 4.39 Å². The molecule has 0 fully saturated rings. The fraction of sp³-hybridized carbons (Fsp3) is 0.143. The van der Waals surface area contributed by atoms with Crippen molar-refractivity contribution in [1.82, 2.24) is 0 Å². The van der Waals surface area contributed by atoms with Gasteiger partial charge in [0.05, 0.1) is 5.56 Å². The van der Waals surface area contributed by atoms with E-state index in [2.05, 4.69) is 0 Å². The van der Waals surface area contributed by atoms with E-state index >= 15 is 0 Å². The number of aromatic hydroxyl groups is 1. The number of halogens is 4. The fourth-order valence-corrected chi connectivity index (χ4v) is 1.88. The second-order valence-corrected chi connectivity index (χ2v) is 4.19. The van der Waals surface area contributed by atoms with Crippen molar-refractivity contribution in [3.63, 3.8) is 0 Å². The van der Waals surface area contributed by atoms with E-state index in [1.54, 1.807) is 6.92 Å². The highest BCUT2D eigenvalue weighted by atomic mass is 19.4. The molecule has 0 spiro atoms. The van der Waals surface area contributed by atoms with Gasteiger partial charge in [-0.15, -0.1) is 0 Å². The van der Waals surface area contributed by atoms with Crippen molar-refractivity contribution in [1.29, 1.82) is 0 Å². The third-order valence-electron chi connectivity index (χ3n) is 2.80. The topological polar surface area (TPSA) is 20.2 Å². The highest BCUT2D eigenvalue weighted by Gasteiger charge is 2.33. The standard InChI is InChI=1S/C14H10F4O/c1-8-6-10(19)3-4-11(8)9-2-5-12(13(15)7-9)14(16,17)18/h2-7,19H,1H3. The first-order chi connectivity index (χ1) is 8.79. The molecule has 2 aromatic carbocycles. The van der Waals surface area contributed by atoms with Crippen LogP contribution in [0.4, 0.5) is 17.6 Å². The molecule has 0 aliphatic carbocycles. The summed E-state index contributed by atoms with van der Waals surface area (Å²) in [6.45, 7) is 1.69. The molecular weight excluding hydrogens is 260 g/mol. The van der Waals surface area contributed by atoms with Crippen molar-refractivity contribution < 1.29 is 22.7 Å². The third-order valence-corrected chi connectivity index (χ3v) is 2.80. The molecule has 0 aromatic heterocycles. The average molecular weight is 270 g/mol. The smallest absolute Gasteiger partial charge is 0.419 e. The van der Waals surface area contributed by atoms with Gasteiger partial charge < -0.3 is 5.11 Å². The Morgan fingerprint density at radius 2 is 1.68 bits per heavy atom. The second-order valence-electron chi connectivity index (χ2n) is 4.19. The Morgan fingerprint density at radius 3 is 2.21 bits per heavy atom. The number of benzene rings is 2. The van der Waals surface area contributed by atoms with Gasteiger partial charge in [-0.05, 0) is 47.9 Å². The Balaban J connectivity index is 2.51. The van der Waals surface area contributed by atoms with E-state index in [0.29, 0.717) is 16.7 Å². The maximum absolute atomic E-state index is 13.5. The Labute approximate surface area is 107 Å². The van der Waals surface area contributed by atoms with Gasteiger partial charge in [0.25, 0.3) is 0 Å². The largest absolute Gasteiger partial charge is 0.508 e. The molecule has 100 valence electrons. The quantitative estimate of drug-likeness (QED) is 0.755. The van der Waals surface area contributed by atoms with E-state index in [4.69, 9.17) is 0 Å². The first-order valence-corrected chi connectivity index (χ1v) is 5.46. The van der Waals surface area contributed by atoms with Crippen LogP contribution < -0.4 is 0 Å². The molecule has 19 heavy (non-hydrogen) atoms. The van der Waals surface area contributed by atoms with Gasteiger partial charge in [-0.2, -0.15) is 13.2 Å². The SMILES string of the molecule is Cc1cc(O)ccc1-c1ccc(C(F)(F)F)c(F)c1. The zero-order valence-electron chi connectivity index (χ0n) is 9.92. The molecule has 0 aliphatic heterocycles. The highest BCUT2D eigenvalue weighted by Crippen LogP contribution is 2.34. The summed E-state index contributed by atoms with van der Waals surface area (Å²) < 4.78 is 50.8. The van der Waals surface area contributed by atoms with Crippen LogP contribution >= 0.6 is 0 Å². The number of hydrogen-bond donors (Lipinski definition) is 1. The maximum atomic E-state index is 13.5. The molecule has 2 aromatic rings. The highest BCUT2D eigenvalue weighted by molar-refractivity contribution is 5.68. The first-order valence-electron chi connectivity index (χ1n) is 5.46. The average Bonchev–Trinajstić information content (AvgIpc) is 2.26. The molecule has 0 radical (unpaired) electrons. The summed E-state index contributed by atoms with van der Waals surface area (Å²) in [5.74, 6) is -1.26. The van der Waals surface area contributed by atoms with Crippen molar-refractivity contribution in [2.24, 2.45) is 0 Å². The Hall–Kier alpha value is -2.04. The first kappa shape index (κ1) is 13.4. The minimum atomic E-state index is -4.70. The number of phenols is 1. The van der Waals surface area contributed by atoms with Crippen molar-refractivity contribution >= 4 is 0 Å². The molecular formula is C14H10F4O. The molecule has 1 nitrogen and oxygen atoms in total. The molecule has 0 saturated carbocycles. The summed E-state index contributed by atoms with van der Waals surface area (Å²) in [4.78, 5) is 0. The lowest BCUT2D eigenvalue weighted by atomic mass is 9.99. The number of alkyl halides is 3. The van der Waals surface area contributed by atoms with Crippen molar-refractivity contribution in [2.45, 2.75) is 13.1 Å². The van der Waals surface area contributed by atoms with E-state index < -0.39 is 17.6 Å². The van der Waals surface area contributed by atoms with E-state index in [0.717, 1.165) is 12.1 Å². The number of aryl methyl sites for hydroxylation is 1. The number of hydrogen-bond acceptors (Lipinski definition) is 1. The van der Waals surface area contributed by atoms with Crippen LogP contribution in [0, 0.1) is 12.7 Å². The Morgan fingerprint density at radius 1 is 1.00 bits per heavy atom. The maximum Gasteiger partial charge on any atom is 0.419 e. The molecule has 1 N–H and O–H groups in total. The molecule has 0 heterocycles. The van der Waals surface area contributed by atoms with Gasteiger partial charge in [0, 0.05) is 0 Å². The van der Waals surface area contributed by atoms with Crippen LogP contribution in [0.2, 0.25) is 0 Å². The molecule has 0 aliphatic rings. The van der Waals surface area contributed by atoms with Crippen molar-refractivity contribution in [2.75, 3.05) is 0 Å². The van der Waals surface area contributed by atoms with Crippen LogP contribution in [0.25, 0.3) is 11.1 Å². The summed E-state index contributed by atoms with van der Waals surface area (Å²) in [5.41, 5.74) is 0.278. The normalized spacial score (nSPS) is 11.6. The van der Waals surface area contributed by atoms with E-state index in [-0.39, 0.29) is 5.75 Å². The van der Waals surface area contributed by atoms with Gasteiger partial charge in [0.15, 0.2) is 0 Å². The zero-order chi connectivity index (χ0) is 14.2. The molecule has 0 amide bonds. The van der Waals surface area contributed by atoms with E-state index in [1.165, 1.54) is 24.3 Å². The summed E-state index contributed by atoms with van der Waals surface area (Å²) >= 11 is 0. The molecule has 0 atom stereocenters. The van der Waals surface area contributed by atoms with Crippen LogP contribution in [-0.2, 0) is 6.18 Å². The molecule has 2 rings (SSSR count). The Kier molecular flexibility index (Phi) is 3.22. The fourth-order valence-electron chi connectivity index (χ4n) is 1.88. The van der Waals surface area contributed by atoms with Crippen LogP contribution in [0.15, 0.2) is 36.4 Å². The van der Waals surface area contributed by atoms with Gasteiger partial charge in [0.2, 0.25) is 0 Å². The lowest BCUT2D eigenvalue weighted by molar-refractivity contribution is -0.139. The summed E-state index contributed by atoms with van der Waals surface area (Å²) in [7, 11) is 0. The lowest BCUT2D eigenvalue weighted by Gasteiger charge is -2.11. The van der Waals surface area contributed by atoms with Crippen LogP contribution in [0.5, 0.6) is 5.75 Å². The van der Waals surface area contributed by atoms with Crippen LogP contribution in [0.3, 0.4) is 0 Å². The minimum Gasteiger partial charge on any atom is -0.508 e. The third kappa shape index (κ3) is 2.70. The summed E-state index contributed by atoms with van der Waals surface area (Å²) in [6, 6.07) is 7.18. The molecule has 0 bridgehead atoms. The van der Waals surface area contributed by atoms with Crippen LogP contribution in [-0.4, -0.2) is 5.11 Å². The van der Waals surface area contributed by atoms with Gasteiger partial charge in [-0.1, -0.05) is 12.1 Å². The summed E-state index contributed by atoms with van der Waals surface area (Å²) in [5, 5.41) is 9.27. The molecule has 0 saturated heterocycles. The van der Waals surface area contributed by atoms with Crippen molar-refractivity contribution in [3.8, 4) is 16.9 Å². The zero-order valence-corrected chi connectivity index (χ0v) is 9.92. The van der Waals surface area contributed by atoms with Crippen LogP contribution in [0.1, 0.15) is 11.1 Å². The monoisotopic (exact) mass is 270 g/mol. The second kappa shape index (κ2) is 4.57.